The Hall–Kier alpha value is -1.88. The summed E-state index contributed by atoms with van der Waals surface area (Å²) in [6.07, 6.45) is 1.79. The van der Waals surface area contributed by atoms with Gasteiger partial charge in [0.25, 0.3) is 0 Å². The second-order valence-electron chi connectivity index (χ2n) is 5.12. The van der Waals surface area contributed by atoms with Crippen LogP contribution in [-0.2, 0) is 9.59 Å². The number of nitrogens with zero attached hydrogens (tertiary/aromatic N) is 1. The zero-order valence-corrected chi connectivity index (χ0v) is 11.4. The average molecular weight is 276 g/mol. The molecule has 1 heterocycles. The van der Waals surface area contributed by atoms with Crippen molar-refractivity contribution in [3.8, 4) is 0 Å². The van der Waals surface area contributed by atoms with Crippen LogP contribution in [0.3, 0.4) is 0 Å². The summed E-state index contributed by atoms with van der Waals surface area (Å²) in [5, 5.41) is 11.8. The Morgan fingerprint density at radius 1 is 1.20 bits per heavy atom. The molecule has 1 fully saturated rings. The van der Waals surface area contributed by atoms with Gasteiger partial charge in [-0.05, 0) is 38.1 Å². The molecule has 108 valence electrons. The van der Waals surface area contributed by atoms with Gasteiger partial charge in [-0.3, -0.25) is 9.59 Å². The topological polar surface area (TPSA) is 69.6 Å². The largest absolute Gasteiger partial charge is 0.481 e. The van der Waals surface area contributed by atoms with Crippen LogP contribution in [0.4, 0.5) is 5.69 Å². The number of carboxylic acids is 1. The molecule has 0 aliphatic carbocycles. The number of amides is 1. The van der Waals surface area contributed by atoms with Gasteiger partial charge in [0.15, 0.2) is 0 Å². The molecule has 2 N–H and O–H groups in total. The van der Waals surface area contributed by atoms with Crippen LogP contribution >= 0.6 is 0 Å². The van der Waals surface area contributed by atoms with E-state index in [9.17, 15) is 9.59 Å². The van der Waals surface area contributed by atoms with Crippen LogP contribution in [0.25, 0.3) is 0 Å². The molecule has 1 aliphatic heterocycles. The number of piperidine rings is 1. The fourth-order valence-corrected chi connectivity index (χ4v) is 2.41. The minimum atomic E-state index is -0.702. The van der Waals surface area contributed by atoms with Crippen molar-refractivity contribution < 1.29 is 14.7 Å². The fraction of sp³-hybridized carbons (Fsp3) is 0.467. The first-order chi connectivity index (χ1) is 9.65. The maximum atomic E-state index is 11.8. The van der Waals surface area contributed by atoms with E-state index >= 15 is 0 Å². The number of anilines is 1. The van der Waals surface area contributed by atoms with Gasteiger partial charge in [0.1, 0.15) is 0 Å². The maximum absolute atomic E-state index is 11.8. The average Bonchev–Trinajstić information content (AvgIpc) is 2.46. The molecule has 5 heteroatoms. The van der Waals surface area contributed by atoms with E-state index in [-0.39, 0.29) is 11.8 Å². The van der Waals surface area contributed by atoms with Gasteiger partial charge in [-0.15, -0.1) is 0 Å². The Morgan fingerprint density at radius 2 is 1.85 bits per heavy atom. The lowest BCUT2D eigenvalue weighted by molar-refractivity contribution is -0.143. The highest BCUT2D eigenvalue weighted by molar-refractivity contribution is 5.90. The molecule has 0 radical (unpaired) electrons. The maximum Gasteiger partial charge on any atom is 0.306 e. The first-order valence-corrected chi connectivity index (χ1v) is 6.95. The second-order valence-corrected chi connectivity index (χ2v) is 5.12. The van der Waals surface area contributed by atoms with Crippen LogP contribution in [0.5, 0.6) is 0 Å². The van der Waals surface area contributed by atoms with Crippen LogP contribution in [0, 0.1) is 5.92 Å². The molecule has 20 heavy (non-hydrogen) atoms. The molecule has 0 bridgehead atoms. The van der Waals surface area contributed by atoms with Crippen molar-refractivity contribution in [2.45, 2.75) is 19.3 Å². The lowest BCUT2D eigenvalue weighted by atomic mass is 9.97. The lowest BCUT2D eigenvalue weighted by Crippen LogP contribution is -2.37. The molecule has 1 saturated heterocycles. The number of carbonyl (C=O) groups excluding carboxylic acids is 1. The SMILES string of the molecule is O=C(CCN1CCC(C(=O)O)CC1)Nc1ccccc1. The zero-order chi connectivity index (χ0) is 14.4. The summed E-state index contributed by atoms with van der Waals surface area (Å²) in [5.41, 5.74) is 0.807. The van der Waals surface area contributed by atoms with Gasteiger partial charge in [0.2, 0.25) is 5.91 Å². The minimum Gasteiger partial charge on any atom is -0.481 e. The van der Waals surface area contributed by atoms with Gasteiger partial charge in [-0.1, -0.05) is 18.2 Å². The molecular weight excluding hydrogens is 256 g/mol. The molecule has 1 aromatic rings. The Morgan fingerprint density at radius 3 is 2.45 bits per heavy atom. The van der Waals surface area contributed by atoms with Gasteiger partial charge < -0.3 is 15.3 Å². The molecule has 0 atom stereocenters. The van der Waals surface area contributed by atoms with Crippen molar-refractivity contribution in [1.82, 2.24) is 4.90 Å². The fourth-order valence-electron chi connectivity index (χ4n) is 2.41. The number of carboxylic acid groups (broad SMARTS) is 1. The summed E-state index contributed by atoms with van der Waals surface area (Å²) in [6, 6.07) is 9.38. The number of hydrogen-bond acceptors (Lipinski definition) is 3. The highest BCUT2D eigenvalue weighted by Gasteiger charge is 2.24. The predicted octanol–water partition coefficient (Wildman–Crippen LogP) is 1.81. The number of rotatable bonds is 5. The zero-order valence-electron chi connectivity index (χ0n) is 11.4. The predicted molar refractivity (Wildman–Crippen MR) is 76.5 cm³/mol. The molecule has 0 spiro atoms. The Balaban J connectivity index is 1.68. The first kappa shape index (κ1) is 14.5. The standard InChI is InChI=1S/C15H20N2O3/c18-14(16-13-4-2-1-3-5-13)8-11-17-9-6-12(7-10-17)15(19)20/h1-5,12H,6-11H2,(H,16,18)(H,19,20). The normalized spacial score (nSPS) is 16.8. The molecule has 5 nitrogen and oxygen atoms in total. The molecule has 2 rings (SSSR count). The van der Waals surface area contributed by atoms with E-state index in [0.717, 1.165) is 18.8 Å². The highest BCUT2D eigenvalue weighted by atomic mass is 16.4. The van der Waals surface area contributed by atoms with Crippen LogP contribution in [-0.4, -0.2) is 41.5 Å². The second kappa shape index (κ2) is 7.05. The monoisotopic (exact) mass is 276 g/mol. The summed E-state index contributed by atoms with van der Waals surface area (Å²) in [4.78, 5) is 24.8. The third-order valence-corrected chi connectivity index (χ3v) is 3.65. The quantitative estimate of drug-likeness (QED) is 0.860. The van der Waals surface area contributed by atoms with Crippen molar-refractivity contribution in [1.29, 1.82) is 0 Å². The van der Waals surface area contributed by atoms with Gasteiger partial charge in [0, 0.05) is 18.7 Å². The van der Waals surface area contributed by atoms with E-state index in [2.05, 4.69) is 10.2 Å². The van der Waals surface area contributed by atoms with Crippen molar-refractivity contribution in [3.05, 3.63) is 30.3 Å². The van der Waals surface area contributed by atoms with Crippen LogP contribution in [0.2, 0.25) is 0 Å². The number of benzene rings is 1. The molecule has 1 amide bonds. The Bertz CT molecular complexity index is 453. The van der Waals surface area contributed by atoms with E-state index in [1.165, 1.54) is 0 Å². The number of hydrogen-bond donors (Lipinski definition) is 2. The summed E-state index contributed by atoms with van der Waals surface area (Å²) < 4.78 is 0. The summed E-state index contributed by atoms with van der Waals surface area (Å²) in [6.45, 7) is 2.20. The molecule has 1 aliphatic rings. The van der Waals surface area contributed by atoms with Crippen molar-refractivity contribution >= 4 is 17.6 Å². The third kappa shape index (κ3) is 4.35. The Labute approximate surface area is 118 Å². The van der Waals surface area contributed by atoms with Gasteiger partial charge in [-0.25, -0.2) is 0 Å². The van der Waals surface area contributed by atoms with E-state index < -0.39 is 5.97 Å². The number of carbonyl (C=O) groups is 2. The smallest absolute Gasteiger partial charge is 0.306 e. The molecule has 0 aromatic heterocycles. The van der Waals surface area contributed by atoms with Crippen molar-refractivity contribution in [2.75, 3.05) is 25.0 Å². The first-order valence-electron chi connectivity index (χ1n) is 6.95. The number of nitrogens with one attached hydrogen (secondary N) is 1. The van der Waals surface area contributed by atoms with Gasteiger partial charge >= 0.3 is 5.97 Å². The Kier molecular flexibility index (Phi) is 5.12. The summed E-state index contributed by atoms with van der Waals surface area (Å²) in [5.74, 6) is -0.924. The molecule has 0 saturated carbocycles. The molecule has 0 unspecified atom stereocenters. The van der Waals surface area contributed by atoms with Crippen LogP contribution in [0.15, 0.2) is 30.3 Å². The summed E-state index contributed by atoms with van der Waals surface area (Å²) in [7, 11) is 0. The third-order valence-electron chi connectivity index (χ3n) is 3.65. The van der Waals surface area contributed by atoms with E-state index in [4.69, 9.17) is 5.11 Å². The van der Waals surface area contributed by atoms with E-state index in [1.54, 1.807) is 0 Å². The minimum absolute atomic E-state index is 0.00319. The summed E-state index contributed by atoms with van der Waals surface area (Å²) >= 11 is 0. The van der Waals surface area contributed by atoms with Crippen molar-refractivity contribution in [2.24, 2.45) is 5.92 Å². The highest BCUT2D eigenvalue weighted by Crippen LogP contribution is 2.17. The van der Waals surface area contributed by atoms with Gasteiger partial charge in [0.05, 0.1) is 5.92 Å². The van der Waals surface area contributed by atoms with Crippen LogP contribution < -0.4 is 5.32 Å². The molecule has 1 aromatic carbocycles. The number of likely N-dealkylation sites (tertiary alicyclic amines) is 1. The van der Waals surface area contributed by atoms with E-state index in [1.807, 2.05) is 30.3 Å². The van der Waals surface area contributed by atoms with Gasteiger partial charge in [-0.2, -0.15) is 0 Å². The lowest BCUT2D eigenvalue weighted by Gasteiger charge is -2.29. The number of para-hydroxylation sites is 1. The van der Waals surface area contributed by atoms with Crippen LogP contribution in [0.1, 0.15) is 19.3 Å². The number of aliphatic carboxylic acids is 1. The van der Waals surface area contributed by atoms with E-state index in [0.29, 0.717) is 25.8 Å². The van der Waals surface area contributed by atoms with Crippen molar-refractivity contribution in [3.63, 3.8) is 0 Å². The molecular formula is C15H20N2O3.